The maximum Gasteiger partial charge on any atom is 0.262 e. The van der Waals surface area contributed by atoms with E-state index in [2.05, 4.69) is 38.1 Å². The lowest BCUT2D eigenvalue weighted by Gasteiger charge is -2.35. The fraction of sp³-hybridized carbons (Fsp3) is 0.259. The number of hydrogen-bond acceptors (Lipinski definition) is 7. The molecule has 0 atom stereocenters. The number of ether oxygens (including phenoxy) is 1. The summed E-state index contributed by atoms with van der Waals surface area (Å²) in [5, 5.41) is 3.94. The maximum absolute atomic E-state index is 12.4. The number of benzene rings is 2. The summed E-state index contributed by atoms with van der Waals surface area (Å²) >= 11 is 0. The van der Waals surface area contributed by atoms with E-state index in [9.17, 15) is 4.79 Å². The van der Waals surface area contributed by atoms with Gasteiger partial charge in [0, 0.05) is 49.6 Å². The van der Waals surface area contributed by atoms with Crippen LogP contribution >= 0.6 is 0 Å². The minimum absolute atomic E-state index is 0.0444. The molecule has 1 fully saturated rings. The Morgan fingerprint density at radius 2 is 1.66 bits per heavy atom. The molecule has 1 N–H and O–H groups in total. The molecule has 2 aromatic heterocycles. The van der Waals surface area contributed by atoms with E-state index in [1.54, 1.807) is 12.4 Å². The Labute approximate surface area is 204 Å². The molecule has 1 saturated heterocycles. The predicted molar refractivity (Wildman–Crippen MR) is 138 cm³/mol. The van der Waals surface area contributed by atoms with Crippen molar-refractivity contribution in [3.8, 4) is 5.75 Å². The molecule has 5 rings (SSSR count). The highest BCUT2D eigenvalue weighted by Crippen LogP contribution is 2.26. The van der Waals surface area contributed by atoms with Crippen LogP contribution in [0.2, 0.25) is 0 Å². The number of amides is 1. The SMILES string of the molecule is Cc1ccc(OCC(=O)Nc2ccc3nc(N4CCN(c5ncccn5)CC4)cc(C)c3c2)cc1. The first-order chi connectivity index (χ1) is 17.0. The fourth-order valence-corrected chi connectivity index (χ4v) is 4.19. The first-order valence-electron chi connectivity index (χ1n) is 11.7. The molecule has 0 spiro atoms. The van der Waals surface area contributed by atoms with Crippen LogP contribution < -0.4 is 19.9 Å². The molecule has 8 nitrogen and oxygen atoms in total. The van der Waals surface area contributed by atoms with Crippen molar-refractivity contribution in [2.45, 2.75) is 13.8 Å². The molecule has 2 aromatic carbocycles. The number of carbonyl (C=O) groups is 1. The largest absolute Gasteiger partial charge is 0.484 e. The number of nitrogens with zero attached hydrogens (tertiary/aromatic N) is 5. The third-order valence-electron chi connectivity index (χ3n) is 6.12. The number of rotatable bonds is 6. The number of anilines is 3. The molecule has 4 aromatic rings. The zero-order valence-electron chi connectivity index (χ0n) is 19.9. The van der Waals surface area contributed by atoms with E-state index in [4.69, 9.17) is 9.72 Å². The lowest BCUT2D eigenvalue weighted by Crippen LogP contribution is -2.47. The highest BCUT2D eigenvalue weighted by Gasteiger charge is 2.20. The number of pyridine rings is 1. The lowest BCUT2D eigenvalue weighted by molar-refractivity contribution is -0.118. The van der Waals surface area contributed by atoms with Crippen molar-refractivity contribution in [1.29, 1.82) is 0 Å². The van der Waals surface area contributed by atoms with Gasteiger partial charge in [-0.1, -0.05) is 17.7 Å². The van der Waals surface area contributed by atoms with E-state index >= 15 is 0 Å². The Hall–Kier alpha value is -4.20. The number of aryl methyl sites for hydroxylation is 2. The number of aromatic nitrogens is 3. The van der Waals surface area contributed by atoms with Gasteiger partial charge in [0.25, 0.3) is 5.91 Å². The van der Waals surface area contributed by atoms with E-state index in [1.807, 2.05) is 55.5 Å². The second-order valence-corrected chi connectivity index (χ2v) is 8.70. The number of hydrogen-bond donors (Lipinski definition) is 1. The molecule has 0 radical (unpaired) electrons. The van der Waals surface area contributed by atoms with Gasteiger partial charge in [-0.3, -0.25) is 4.79 Å². The highest BCUT2D eigenvalue weighted by atomic mass is 16.5. The van der Waals surface area contributed by atoms with Crippen LogP contribution in [0.1, 0.15) is 11.1 Å². The van der Waals surface area contributed by atoms with E-state index < -0.39 is 0 Å². The average molecular weight is 469 g/mol. The Bertz CT molecular complexity index is 1320. The minimum atomic E-state index is -0.201. The summed E-state index contributed by atoms with van der Waals surface area (Å²) in [6.45, 7) is 7.44. The van der Waals surface area contributed by atoms with Crippen LogP contribution in [0.25, 0.3) is 10.9 Å². The summed E-state index contributed by atoms with van der Waals surface area (Å²) in [7, 11) is 0. The lowest BCUT2D eigenvalue weighted by atomic mass is 10.1. The zero-order valence-corrected chi connectivity index (χ0v) is 19.9. The van der Waals surface area contributed by atoms with Crippen molar-refractivity contribution in [3.63, 3.8) is 0 Å². The number of nitrogens with one attached hydrogen (secondary N) is 1. The van der Waals surface area contributed by atoms with Gasteiger partial charge in [0.1, 0.15) is 11.6 Å². The Balaban J connectivity index is 1.23. The number of fused-ring (bicyclic) bond motifs is 1. The molecular weight excluding hydrogens is 440 g/mol. The average Bonchev–Trinajstić information content (AvgIpc) is 2.89. The van der Waals surface area contributed by atoms with Gasteiger partial charge in [0.15, 0.2) is 6.61 Å². The summed E-state index contributed by atoms with van der Waals surface area (Å²) in [5.41, 5.74) is 3.90. The molecule has 1 aliphatic rings. The quantitative estimate of drug-likeness (QED) is 0.458. The summed E-state index contributed by atoms with van der Waals surface area (Å²) in [4.78, 5) is 30.5. The third-order valence-corrected chi connectivity index (χ3v) is 6.12. The van der Waals surface area contributed by atoms with Gasteiger partial charge in [0.2, 0.25) is 5.95 Å². The second kappa shape index (κ2) is 9.97. The normalized spacial score (nSPS) is 13.7. The smallest absolute Gasteiger partial charge is 0.262 e. The van der Waals surface area contributed by atoms with E-state index in [-0.39, 0.29) is 12.5 Å². The Kier molecular flexibility index (Phi) is 6.43. The van der Waals surface area contributed by atoms with Gasteiger partial charge >= 0.3 is 0 Å². The first kappa shape index (κ1) is 22.6. The van der Waals surface area contributed by atoms with Crippen molar-refractivity contribution < 1.29 is 9.53 Å². The van der Waals surface area contributed by atoms with E-state index in [1.165, 1.54) is 0 Å². The van der Waals surface area contributed by atoms with Crippen LogP contribution in [0.4, 0.5) is 17.5 Å². The predicted octanol–water partition coefficient (Wildman–Crippen LogP) is 3.99. The molecule has 8 heteroatoms. The van der Waals surface area contributed by atoms with Crippen LogP contribution in [-0.2, 0) is 4.79 Å². The summed E-state index contributed by atoms with van der Waals surface area (Å²) < 4.78 is 5.58. The summed E-state index contributed by atoms with van der Waals surface area (Å²) in [6, 6.07) is 17.4. The molecule has 0 aliphatic carbocycles. The van der Waals surface area contributed by atoms with Gasteiger partial charge in [-0.05, 0) is 61.9 Å². The highest BCUT2D eigenvalue weighted by molar-refractivity contribution is 5.95. The van der Waals surface area contributed by atoms with Crippen molar-refractivity contribution in [3.05, 3.63) is 78.1 Å². The number of piperazine rings is 1. The van der Waals surface area contributed by atoms with Crippen LogP contribution in [0.15, 0.2) is 67.0 Å². The first-order valence-corrected chi connectivity index (χ1v) is 11.7. The molecule has 35 heavy (non-hydrogen) atoms. The molecule has 178 valence electrons. The van der Waals surface area contributed by atoms with Gasteiger partial charge in [-0.25, -0.2) is 15.0 Å². The van der Waals surface area contributed by atoms with E-state index in [0.717, 1.165) is 65.7 Å². The van der Waals surface area contributed by atoms with Crippen molar-refractivity contribution >= 4 is 34.3 Å². The molecule has 1 aliphatic heterocycles. The van der Waals surface area contributed by atoms with E-state index in [0.29, 0.717) is 5.75 Å². The van der Waals surface area contributed by atoms with Crippen LogP contribution in [-0.4, -0.2) is 53.6 Å². The zero-order chi connectivity index (χ0) is 24.2. The van der Waals surface area contributed by atoms with Crippen molar-refractivity contribution in [2.75, 3.05) is 47.9 Å². The van der Waals surface area contributed by atoms with Gasteiger partial charge in [0.05, 0.1) is 5.52 Å². The molecule has 0 bridgehead atoms. The molecular formula is C27H28N6O2. The Morgan fingerprint density at radius 3 is 2.40 bits per heavy atom. The molecule has 1 amide bonds. The van der Waals surface area contributed by atoms with Gasteiger partial charge < -0.3 is 19.9 Å². The summed E-state index contributed by atoms with van der Waals surface area (Å²) in [6.07, 6.45) is 3.55. The van der Waals surface area contributed by atoms with Crippen molar-refractivity contribution in [1.82, 2.24) is 15.0 Å². The van der Waals surface area contributed by atoms with Crippen molar-refractivity contribution in [2.24, 2.45) is 0 Å². The standard InChI is InChI=1S/C27H28N6O2/c1-19-4-7-22(8-5-19)35-18-26(34)30-21-6-9-24-23(17-21)20(2)16-25(31-24)32-12-14-33(15-13-32)27-28-10-3-11-29-27/h3-11,16-17H,12-15,18H2,1-2H3,(H,30,34). The fourth-order valence-electron chi connectivity index (χ4n) is 4.19. The molecule has 0 unspecified atom stereocenters. The second-order valence-electron chi connectivity index (χ2n) is 8.70. The van der Waals surface area contributed by atoms with Gasteiger partial charge in [-0.2, -0.15) is 0 Å². The van der Waals surface area contributed by atoms with Gasteiger partial charge in [-0.15, -0.1) is 0 Å². The van der Waals surface area contributed by atoms with Crippen LogP contribution in [0.5, 0.6) is 5.75 Å². The number of carbonyl (C=O) groups excluding carboxylic acids is 1. The topological polar surface area (TPSA) is 83.5 Å². The Morgan fingerprint density at radius 1 is 0.943 bits per heavy atom. The minimum Gasteiger partial charge on any atom is -0.484 e. The maximum atomic E-state index is 12.4. The monoisotopic (exact) mass is 468 g/mol. The molecule has 3 heterocycles. The summed E-state index contributed by atoms with van der Waals surface area (Å²) in [5.74, 6) is 2.21. The molecule has 0 saturated carbocycles. The van der Waals surface area contributed by atoms with Crippen LogP contribution in [0.3, 0.4) is 0 Å². The van der Waals surface area contributed by atoms with Crippen LogP contribution in [0, 0.1) is 13.8 Å². The third kappa shape index (κ3) is 5.32.